The molecule has 1 aromatic carbocycles. The first-order valence-corrected chi connectivity index (χ1v) is 12.2. The molecule has 5 heterocycles. The summed E-state index contributed by atoms with van der Waals surface area (Å²) in [7, 11) is 0. The minimum atomic E-state index is -0.302. The van der Waals surface area contributed by atoms with Crippen molar-refractivity contribution in [1.82, 2.24) is 15.0 Å². The zero-order valence-corrected chi connectivity index (χ0v) is 19.8. The lowest BCUT2D eigenvalue weighted by Gasteiger charge is -2.37. The number of aryl methyl sites for hydroxylation is 1. The van der Waals surface area contributed by atoms with Crippen LogP contribution >= 0.6 is 0 Å². The van der Waals surface area contributed by atoms with Crippen LogP contribution in [-0.4, -0.2) is 45.8 Å². The summed E-state index contributed by atoms with van der Waals surface area (Å²) in [5, 5.41) is 9.48. The molecule has 178 valence electrons. The molecule has 2 N–H and O–H groups in total. The Morgan fingerprint density at radius 1 is 1.11 bits per heavy atom. The lowest BCUT2D eigenvalue weighted by molar-refractivity contribution is -0.0529. The number of rotatable bonds is 6. The number of aromatic nitrogens is 3. The first-order valence-electron chi connectivity index (χ1n) is 12.2. The molecule has 8 heteroatoms. The Morgan fingerprint density at radius 3 is 2.51 bits per heavy atom. The van der Waals surface area contributed by atoms with E-state index < -0.39 is 0 Å². The first kappa shape index (κ1) is 22.0. The summed E-state index contributed by atoms with van der Waals surface area (Å²) in [6, 6.07) is 14.6. The highest BCUT2D eigenvalue weighted by atomic mass is 16.5. The average Bonchev–Trinajstić information content (AvgIpc) is 3.44. The van der Waals surface area contributed by atoms with E-state index in [-0.39, 0.29) is 5.54 Å². The Kier molecular flexibility index (Phi) is 5.39. The highest BCUT2D eigenvalue weighted by molar-refractivity contribution is 5.69. The fourth-order valence-electron chi connectivity index (χ4n) is 5.56. The van der Waals surface area contributed by atoms with E-state index in [0.29, 0.717) is 48.3 Å². The summed E-state index contributed by atoms with van der Waals surface area (Å²) >= 11 is 0. The predicted octanol–water partition coefficient (Wildman–Crippen LogP) is 3.91. The van der Waals surface area contributed by atoms with Gasteiger partial charge >= 0.3 is 0 Å². The molecule has 0 saturated carbocycles. The topological polar surface area (TPSA) is 110 Å². The minimum Gasteiger partial charge on any atom is -0.438 e. The maximum atomic E-state index is 9.48. The van der Waals surface area contributed by atoms with Crippen LogP contribution in [0.4, 0.5) is 5.82 Å². The van der Waals surface area contributed by atoms with Gasteiger partial charge in [-0.15, -0.1) is 0 Å². The second-order valence-corrected chi connectivity index (χ2v) is 9.99. The van der Waals surface area contributed by atoms with E-state index in [4.69, 9.17) is 20.2 Å². The molecular weight excluding hydrogens is 440 g/mol. The zero-order chi connectivity index (χ0) is 24.0. The maximum absolute atomic E-state index is 9.48. The van der Waals surface area contributed by atoms with Crippen molar-refractivity contribution in [3.63, 3.8) is 0 Å². The van der Waals surface area contributed by atoms with Crippen molar-refractivity contribution in [2.45, 2.75) is 56.7 Å². The number of ether oxygens (including phenoxy) is 2. The molecule has 3 aromatic rings. The van der Waals surface area contributed by atoms with Gasteiger partial charge in [-0.2, -0.15) is 10.2 Å². The molecule has 3 fully saturated rings. The van der Waals surface area contributed by atoms with E-state index in [1.54, 1.807) is 12.1 Å². The largest absolute Gasteiger partial charge is 0.438 e. The standard InChI is InChI=1S/C27H28N6O2/c1-17-31-25(33-20-4-5-21(33)7-6-20)11-26(32-17)35-24-10-18(13-28)2-8-22(24)23-9-3-19(14-30-23)12-27(29)15-34-16-27/h2-3,8-11,14,20-21H,4-7,12,15-16,29H2,1H3. The van der Waals surface area contributed by atoms with Gasteiger partial charge in [0, 0.05) is 29.9 Å². The van der Waals surface area contributed by atoms with Gasteiger partial charge in [0.1, 0.15) is 17.4 Å². The van der Waals surface area contributed by atoms with Gasteiger partial charge in [0.2, 0.25) is 5.88 Å². The second kappa shape index (κ2) is 8.59. The molecule has 2 aromatic heterocycles. The average molecular weight is 469 g/mol. The molecule has 0 unspecified atom stereocenters. The van der Waals surface area contributed by atoms with Crippen molar-refractivity contribution in [1.29, 1.82) is 5.26 Å². The molecule has 3 saturated heterocycles. The molecule has 6 rings (SSSR count). The highest BCUT2D eigenvalue weighted by Gasteiger charge is 2.40. The van der Waals surface area contributed by atoms with Gasteiger partial charge in [0.15, 0.2) is 0 Å². The number of nitrogens with two attached hydrogens (primary N) is 1. The SMILES string of the molecule is Cc1nc(Oc2cc(C#N)ccc2-c2ccc(CC3(N)COC3)cn2)cc(N2C3CCC2CC3)n1. The third-order valence-electron chi connectivity index (χ3n) is 7.28. The Morgan fingerprint density at radius 2 is 1.89 bits per heavy atom. The number of nitriles is 1. The minimum absolute atomic E-state index is 0.302. The molecule has 8 nitrogen and oxygen atoms in total. The van der Waals surface area contributed by atoms with Gasteiger partial charge in [0.05, 0.1) is 36.1 Å². The molecule has 35 heavy (non-hydrogen) atoms. The van der Waals surface area contributed by atoms with Crippen LogP contribution in [0.3, 0.4) is 0 Å². The van der Waals surface area contributed by atoms with Crippen molar-refractivity contribution in [3.05, 3.63) is 59.5 Å². The van der Waals surface area contributed by atoms with Crippen molar-refractivity contribution in [2.24, 2.45) is 5.73 Å². The lowest BCUT2D eigenvalue weighted by atomic mass is 9.91. The second-order valence-electron chi connectivity index (χ2n) is 9.99. The van der Waals surface area contributed by atoms with E-state index in [0.717, 1.165) is 29.1 Å². The van der Waals surface area contributed by atoms with E-state index in [1.807, 2.05) is 37.4 Å². The summed E-state index contributed by atoms with van der Waals surface area (Å²) in [6.45, 7) is 3.03. The predicted molar refractivity (Wildman–Crippen MR) is 131 cm³/mol. The fraction of sp³-hybridized carbons (Fsp3) is 0.407. The van der Waals surface area contributed by atoms with Crippen molar-refractivity contribution < 1.29 is 9.47 Å². The number of pyridine rings is 1. The molecule has 0 radical (unpaired) electrons. The molecular formula is C27H28N6O2. The molecule has 0 spiro atoms. The van der Waals surface area contributed by atoms with Crippen LogP contribution < -0.4 is 15.4 Å². The molecule has 2 bridgehead atoms. The van der Waals surface area contributed by atoms with E-state index in [2.05, 4.69) is 20.9 Å². The number of nitrogens with zero attached hydrogens (tertiary/aromatic N) is 5. The van der Waals surface area contributed by atoms with Gasteiger partial charge in [-0.05, 0) is 68.9 Å². The third kappa shape index (κ3) is 4.22. The Balaban J connectivity index is 1.30. The van der Waals surface area contributed by atoms with Gasteiger partial charge < -0.3 is 20.1 Å². The molecule has 0 aliphatic carbocycles. The Labute approximate surface area is 204 Å². The van der Waals surface area contributed by atoms with Crippen molar-refractivity contribution in [2.75, 3.05) is 18.1 Å². The van der Waals surface area contributed by atoms with Crippen molar-refractivity contribution in [3.8, 4) is 29.0 Å². The quantitative estimate of drug-likeness (QED) is 0.580. The molecule has 0 amide bonds. The molecule has 3 aliphatic rings. The summed E-state index contributed by atoms with van der Waals surface area (Å²) in [5.41, 5.74) is 9.12. The van der Waals surface area contributed by atoms with E-state index >= 15 is 0 Å². The van der Waals surface area contributed by atoms with E-state index in [9.17, 15) is 5.26 Å². The first-order chi connectivity index (χ1) is 17.0. The smallest absolute Gasteiger partial charge is 0.224 e. The fourth-order valence-corrected chi connectivity index (χ4v) is 5.56. The third-order valence-corrected chi connectivity index (χ3v) is 7.28. The number of benzene rings is 1. The highest BCUT2D eigenvalue weighted by Crippen LogP contribution is 2.41. The number of hydrogen-bond donors (Lipinski definition) is 1. The van der Waals surface area contributed by atoms with Gasteiger partial charge in [-0.25, -0.2) is 4.98 Å². The van der Waals surface area contributed by atoms with Crippen LogP contribution in [0.1, 0.15) is 42.6 Å². The van der Waals surface area contributed by atoms with Gasteiger partial charge in [0.25, 0.3) is 0 Å². The monoisotopic (exact) mass is 468 g/mol. The zero-order valence-electron chi connectivity index (χ0n) is 19.8. The normalized spacial score (nSPS) is 22.0. The van der Waals surface area contributed by atoms with Crippen LogP contribution in [0, 0.1) is 18.3 Å². The number of fused-ring (bicyclic) bond motifs is 2. The van der Waals surface area contributed by atoms with Crippen LogP contribution in [0.5, 0.6) is 11.6 Å². The van der Waals surface area contributed by atoms with Crippen LogP contribution in [0.15, 0.2) is 42.6 Å². The lowest BCUT2D eigenvalue weighted by Crippen LogP contribution is -2.58. The summed E-state index contributed by atoms with van der Waals surface area (Å²) in [6.07, 6.45) is 7.45. The Hall–Kier alpha value is -3.54. The van der Waals surface area contributed by atoms with Crippen LogP contribution in [-0.2, 0) is 11.2 Å². The van der Waals surface area contributed by atoms with Gasteiger partial charge in [-0.1, -0.05) is 6.07 Å². The number of hydrogen-bond acceptors (Lipinski definition) is 8. The summed E-state index contributed by atoms with van der Waals surface area (Å²) in [4.78, 5) is 16.4. The Bertz CT molecular complexity index is 1280. The van der Waals surface area contributed by atoms with Gasteiger partial charge in [-0.3, -0.25) is 4.98 Å². The van der Waals surface area contributed by atoms with Crippen LogP contribution in [0.2, 0.25) is 0 Å². The molecule has 0 atom stereocenters. The maximum Gasteiger partial charge on any atom is 0.224 e. The van der Waals surface area contributed by atoms with E-state index in [1.165, 1.54) is 25.7 Å². The summed E-state index contributed by atoms with van der Waals surface area (Å²) < 4.78 is 11.6. The number of anilines is 1. The summed E-state index contributed by atoms with van der Waals surface area (Å²) in [5.74, 6) is 2.61. The van der Waals surface area contributed by atoms with Crippen molar-refractivity contribution >= 4 is 5.82 Å². The van der Waals surface area contributed by atoms with Crippen LogP contribution in [0.25, 0.3) is 11.3 Å². The molecule has 3 aliphatic heterocycles.